The fourth-order valence-corrected chi connectivity index (χ4v) is 1.23. The fraction of sp³-hybridized carbons (Fsp3) is 0.917. The highest BCUT2D eigenvalue weighted by molar-refractivity contribution is 5.67. The van der Waals surface area contributed by atoms with Crippen molar-refractivity contribution in [2.24, 2.45) is 5.41 Å². The van der Waals surface area contributed by atoms with Crippen LogP contribution in [0.3, 0.4) is 0 Å². The molecule has 0 unspecified atom stereocenters. The van der Waals surface area contributed by atoms with Gasteiger partial charge in [-0.1, -0.05) is 13.8 Å². The monoisotopic (exact) mass is 231 g/mol. The van der Waals surface area contributed by atoms with Crippen molar-refractivity contribution in [2.75, 3.05) is 20.3 Å². The van der Waals surface area contributed by atoms with Crippen molar-refractivity contribution < 1.29 is 14.3 Å². The van der Waals surface area contributed by atoms with Crippen LogP contribution in [0.5, 0.6) is 0 Å². The second-order valence-corrected chi connectivity index (χ2v) is 5.86. The van der Waals surface area contributed by atoms with Crippen molar-refractivity contribution in [2.45, 2.75) is 46.6 Å². The van der Waals surface area contributed by atoms with Gasteiger partial charge in [0.1, 0.15) is 0 Å². The van der Waals surface area contributed by atoms with Crippen molar-refractivity contribution >= 4 is 6.09 Å². The molecule has 0 aliphatic heterocycles. The summed E-state index contributed by atoms with van der Waals surface area (Å²) < 4.78 is 10.2. The largest absolute Gasteiger partial charge is 0.450 e. The van der Waals surface area contributed by atoms with Crippen LogP contribution in [0.2, 0.25) is 0 Å². The summed E-state index contributed by atoms with van der Waals surface area (Å²) in [7, 11) is 1.68. The van der Waals surface area contributed by atoms with Gasteiger partial charge in [-0.3, -0.25) is 0 Å². The average Bonchev–Trinajstić information content (AvgIpc) is 1.99. The first-order valence-corrected chi connectivity index (χ1v) is 5.60. The van der Waals surface area contributed by atoms with E-state index in [1.54, 1.807) is 7.11 Å². The smallest absolute Gasteiger partial charge is 0.407 e. The maximum Gasteiger partial charge on any atom is 0.407 e. The van der Waals surface area contributed by atoms with E-state index in [2.05, 4.69) is 19.2 Å². The zero-order valence-electron chi connectivity index (χ0n) is 11.3. The Bertz CT molecular complexity index is 219. The Morgan fingerprint density at radius 3 is 2.19 bits per heavy atom. The highest BCUT2D eigenvalue weighted by Crippen LogP contribution is 2.20. The number of carbonyl (C=O) groups excluding carboxylic acids is 1. The van der Waals surface area contributed by atoms with E-state index in [9.17, 15) is 4.79 Å². The molecule has 0 aromatic heterocycles. The third kappa shape index (κ3) is 8.53. The first-order chi connectivity index (χ1) is 7.16. The second-order valence-electron chi connectivity index (χ2n) is 5.86. The van der Waals surface area contributed by atoms with Gasteiger partial charge in [0.05, 0.1) is 13.2 Å². The number of carbonyl (C=O) groups is 1. The zero-order chi connectivity index (χ0) is 12.8. The zero-order valence-corrected chi connectivity index (χ0v) is 11.3. The van der Waals surface area contributed by atoms with E-state index < -0.39 is 0 Å². The van der Waals surface area contributed by atoms with E-state index in [0.29, 0.717) is 13.2 Å². The van der Waals surface area contributed by atoms with Crippen LogP contribution in [-0.2, 0) is 9.47 Å². The lowest BCUT2D eigenvalue weighted by Gasteiger charge is -2.24. The van der Waals surface area contributed by atoms with Crippen molar-refractivity contribution in [1.29, 1.82) is 0 Å². The van der Waals surface area contributed by atoms with Crippen LogP contribution < -0.4 is 5.32 Å². The summed E-state index contributed by atoms with van der Waals surface area (Å²) in [5.41, 5.74) is -0.212. The van der Waals surface area contributed by atoms with E-state index in [0.717, 1.165) is 6.42 Å². The third-order valence-corrected chi connectivity index (χ3v) is 2.02. The first kappa shape index (κ1) is 15.2. The lowest BCUT2D eigenvalue weighted by molar-refractivity contribution is 0.0715. The Kier molecular flexibility index (Phi) is 5.79. The predicted molar refractivity (Wildman–Crippen MR) is 64.5 cm³/mol. The van der Waals surface area contributed by atoms with Gasteiger partial charge in [-0.25, -0.2) is 4.79 Å². The van der Waals surface area contributed by atoms with E-state index in [4.69, 9.17) is 9.47 Å². The van der Waals surface area contributed by atoms with Crippen LogP contribution >= 0.6 is 0 Å². The number of alkyl carbamates (subject to hydrolysis) is 1. The van der Waals surface area contributed by atoms with Crippen LogP contribution in [0.25, 0.3) is 0 Å². The van der Waals surface area contributed by atoms with Crippen molar-refractivity contribution in [3.8, 4) is 0 Å². The summed E-state index contributed by atoms with van der Waals surface area (Å²) in [6, 6.07) is 0. The summed E-state index contributed by atoms with van der Waals surface area (Å²) in [5, 5.41) is 2.74. The van der Waals surface area contributed by atoms with Gasteiger partial charge in [-0.05, 0) is 32.6 Å². The Morgan fingerprint density at radius 1 is 1.19 bits per heavy atom. The molecule has 0 aromatic carbocycles. The molecule has 0 fully saturated rings. The molecule has 96 valence electrons. The predicted octanol–water partition coefficient (Wildman–Crippen LogP) is 2.57. The molecular weight excluding hydrogens is 206 g/mol. The molecule has 0 heterocycles. The second kappa shape index (κ2) is 6.09. The van der Waals surface area contributed by atoms with E-state index in [1.807, 2.05) is 20.8 Å². The highest BCUT2D eigenvalue weighted by atomic mass is 16.5. The first-order valence-electron chi connectivity index (χ1n) is 5.60. The molecule has 4 nitrogen and oxygen atoms in total. The molecule has 0 radical (unpaired) electrons. The number of methoxy groups -OCH3 is 1. The maximum absolute atomic E-state index is 11.3. The molecule has 4 heteroatoms. The maximum atomic E-state index is 11.3. The Morgan fingerprint density at radius 2 is 1.75 bits per heavy atom. The molecule has 0 aliphatic carbocycles. The summed E-state index contributed by atoms with van der Waals surface area (Å²) >= 11 is 0. The van der Waals surface area contributed by atoms with Crippen LogP contribution in [0.1, 0.15) is 41.0 Å². The number of ether oxygens (including phenoxy) is 2. The summed E-state index contributed by atoms with van der Waals surface area (Å²) in [5.74, 6) is 0. The molecule has 0 bridgehead atoms. The average molecular weight is 231 g/mol. The molecule has 1 amide bonds. The van der Waals surface area contributed by atoms with Crippen LogP contribution in [0.4, 0.5) is 4.79 Å². The van der Waals surface area contributed by atoms with Gasteiger partial charge in [0, 0.05) is 12.6 Å². The van der Waals surface area contributed by atoms with Gasteiger partial charge in [0.15, 0.2) is 0 Å². The quantitative estimate of drug-likeness (QED) is 0.791. The number of hydrogen-bond donors (Lipinski definition) is 1. The molecule has 0 rings (SSSR count). The van der Waals surface area contributed by atoms with Gasteiger partial charge in [0.25, 0.3) is 0 Å². The molecule has 0 aromatic rings. The third-order valence-electron chi connectivity index (χ3n) is 2.02. The minimum atomic E-state index is -0.360. The highest BCUT2D eigenvalue weighted by Gasteiger charge is 2.19. The van der Waals surface area contributed by atoms with Gasteiger partial charge in [0.2, 0.25) is 0 Å². The van der Waals surface area contributed by atoms with Gasteiger partial charge >= 0.3 is 6.09 Å². The number of amides is 1. The standard InChI is InChI=1S/C12H25NO3/c1-11(2,3)13-10(14)16-8-7-12(4,5)9-15-6/h7-9H2,1-6H3,(H,13,14). The van der Waals surface area contributed by atoms with E-state index >= 15 is 0 Å². The normalized spacial score (nSPS) is 12.4. The Hall–Kier alpha value is -0.770. The Labute approximate surface area is 98.7 Å². The van der Waals surface area contributed by atoms with Crippen molar-refractivity contribution in [3.05, 3.63) is 0 Å². The minimum Gasteiger partial charge on any atom is -0.450 e. The van der Waals surface area contributed by atoms with Crippen LogP contribution in [0, 0.1) is 5.41 Å². The molecule has 1 N–H and O–H groups in total. The van der Waals surface area contributed by atoms with E-state index in [-0.39, 0.29) is 17.0 Å². The lowest BCUT2D eigenvalue weighted by atomic mass is 9.91. The molecule has 0 spiro atoms. The number of rotatable bonds is 5. The van der Waals surface area contributed by atoms with Gasteiger partial charge < -0.3 is 14.8 Å². The van der Waals surface area contributed by atoms with E-state index in [1.165, 1.54) is 0 Å². The molecule has 16 heavy (non-hydrogen) atoms. The Balaban J connectivity index is 3.78. The molecule has 0 aliphatic rings. The van der Waals surface area contributed by atoms with Crippen molar-refractivity contribution in [1.82, 2.24) is 5.32 Å². The molecule has 0 saturated heterocycles. The van der Waals surface area contributed by atoms with Crippen LogP contribution in [-0.4, -0.2) is 32.0 Å². The van der Waals surface area contributed by atoms with Crippen molar-refractivity contribution in [3.63, 3.8) is 0 Å². The van der Waals surface area contributed by atoms with Gasteiger partial charge in [-0.2, -0.15) is 0 Å². The summed E-state index contributed by atoms with van der Waals surface area (Å²) in [6.45, 7) is 11.0. The van der Waals surface area contributed by atoms with Gasteiger partial charge in [-0.15, -0.1) is 0 Å². The minimum absolute atomic E-state index is 0.0385. The lowest BCUT2D eigenvalue weighted by Crippen LogP contribution is -2.41. The molecule has 0 atom stereocenters. The SMILES string of the molecule is COCC(C)(C)CCOC(=O)NC(C)(C)C. The summed E-state index contributed by atoms with van der Waals surface area (Å²) in [4.78, 5) is 11.3. The summed E-state index contributed by atoms with van der Waals surface area (Å²) in [6.07, 6.45) is 0.430. The molecule has 0 saturated carbocycles. The fourth-order valence-electron chi connectivity index (χ4n) is 1.23. The van der Waals surface area contributed by atoms with Crippen LogP contribution in [0.15, 0.2) is 0 Å². The topological polar surface area (TPSA) is 47.6 Å². The number of nitrogens with one attached hydrogen (secondary N) is 1. The number of hydrogen-bond acceptors (Lipinski definition) is 3. The molecular formula is C12H25NO3.